The Bertz CT molecular complexity index is 1090. The first kappa shape index (κ1) is 20.2. The molecule has 0 aliphatic heterocycles. The highest BCUT2D eigenvalue weighted by Gasteiger charge is 2.29. The molecule has 2 aromatic heterocycles. The molecule has 0 radical (unpaired) electrons. The van der Waals surface area contributed by atoms with Crippen molar-refractivity contribution < 1.29 is 13.7 Å². The first-order chi connectivity index (χ1) is 14.4. The summed E-state index contributed by atoms with van der Waals surface area (Å²) in [5.74, 6) is -0.200. The number of aromatic nitrogens is 2. The average Bonchev–Trinajstić information content (AvgIpc) is 3.49. The van der Waals surface area contributed by atoms with E-state index in [0.29, 0.717) is 34.8 Å². The van der Waals surface area contributed by atoms with Crippen molar-refractivity contribution in [1.29, 1.82) is 0 Å². The molecule has 1 saturated carbocycles. The first-order valence-corrected chi connectivity index (χ1v) is 10.2. The Balaban J connectivity index is 1.46. The number of nitrogens with one attached hydrogen (secondary N) is 3. The number of benzene rings is 1. The summed E-state index contributed by atoms with van der Waals surface area (Å²) in [6.07, 6.45) is 2.11. The van der Waals surface area contributed by atoms with E-state index in [1.807, 2.05) is 19.9 Å². The number of carbonyl (C=O) groups is 1. The maximum absolute atomic E-state index is 13.0. The Kier molecular flexibility index (Phi) is 5.63. The number of rotatable bonds is 5. The van der Waals surface area contributed by atoms with E-state index in [0.717, 1.165) is 24.1 Å². The number of carbonyl (C=O) groups excluding carboxylic acids is 1. The van der Waals surface area contributed by atoms with Gasteiger partial charge in [-0.2, -0.15) is 0 Å². The molecule has 0 saturated heterocycles. The first-order valence-electron chi connectivity index (χ1n) is 9.81. The fourth-order valence-corrected chi connectivity index (χ4v) is 3.29. The zero-order valence-electron chi connectivity index (χ0n) is 16.7. The zero-order valence-corrected chi connectivity index (χ0v) is 17.5. The molecule has 1 fully saturated rings. The molecule has 0 spiro atoms. The Labute approximate surface area is 178 Å². The van der Waals surface area contributed by atoms with Crippen LogP contribution in [0.4, 0.5) is 4.39 Å². The van der Waals surface area contributed by atoms with Crippen molar-refractivity contribution in [2.24, 2.45) is 0 Å². The predicted molar refractivity (Wildman–Crippen MR) is 114 cm³/mol. The van der Waals surface area contributed by atoms with E-state index in [2.05, 4.69) is 26.3 Å². The van der Waals surface area contributed by atoms with Crippen LogP contribution in [0.15, 0.2) is 34.9 Å². The van der Waals surface area contributed by atoms with Gasteiger partial charge in [-0.05, 0) is 54.7 Å². The number of fused-ring (bicyclic) bond motifs is 1. The lowest BCUT2D eigenvalue weighted by Crippen LogP contribution is -2.46. The maximum atomic E-state index is 13.0. The van der Waals surface area contributed by atoms with Gasteiger partial charge in [-0.3, -0.25) is 15.6 Å². The second-order valence-corrected chi connectivity index (χ2v) is 8.07. The zero-order chi connectivity index (χ0) is 21.3. The minimum Gasteiger partial charge on any atom is -0.357 e. The predicted octanol–water partition coefficient (Wildman–Crippen LogP) is 3.67. The Hall–Kier alpha value is -3.07. The van der Waals surface area contributed by atoms with Gasteiger partial charge in [-0.25, -0.2) is 9.37 Å². The molecule has 1 aromatic carbocycles. The minimum atomic E-state index is -0.347. The van der Waals surface area contributed by atoms with Crippen LogP contribution in [0.25, 0.3) is 11.1 Å². The van der Waals surface area contributed by atoms with Crippen LogP contribution in [-0.4, -0.2) is 21.2 Å². The summed E-state index contributed by atoms with van der Waals surface area (Å²) in [5, 5.41) is 7.96. The molecule has 7 nitrogen and oxygen atoms in total. The van der Waals surface area contributed by atoms with Gasteiger partial charge in [-0.1, -0.05) is 31.1 Å². The number of thiocarbonyl (C=S) groups is 1. The lowest BCUT2D eigenvalue weighted by molar-refractivity contribution is 0.0945. The molecule has 0 atom stereocenters. The van der Waals surface area contributed by atoms with Gasteiger partial charge < -0.3 is 9.84 Å². The number of halogens is 1. The monoisotopic (exact) mass is 427 g/mol. The van der Waals surface area contributed by atoms with Crippen LogP contribution >= 0.6 is 12.2 Å². The molecule has 1 aliphatic rings. The molecular weight excluding hydrogens is 405 g/mol. The lowest BCUT2D eigenvalue weighted by atomic mass is 10.0. The fourth-order valence-electron chi connectivity index (χ4n) is 3.16. The molecule has 30 heavy (non-hydrogen) atoms. The number of hydrazine groups is 1. The minimum absolute atomic E-state index is 0.0813. The molecule has 4 rings (SSSR count). The summed E-state index contributed by atoms with van der Waals surface area (Å²) < 4.78 is 18.4. The standard InChI is InChI=1S/C21H22FN5O2S/c1-11(2)18-17-15(9-16(13-5-6-13)24-20(17)29-27-18)19(28)25-26-21(30)23-10-12-3-7-14(22)8-4-12/h3-4,7-9,11,13H,5-6,10H2,1-2H3,(H,25,28)(H2,23,26,30). The summed E-state index contributed by atoms with van der Waals surface area (Å²) in [5.41, 5.74) is 8.58. The normalized spacial score (nSPS) is 13.5. The van der Waals surface area contributed by atoms with Gasteiger partial charge in [0.1, 0.15) is 5.82 Å². The number of pyridine rings is 1. The van der Waals surface area contributed by atoms with Crippen LogP contribution in [0.1, 0.15) is 65.8 Å². The van der Waals surface area contributed by atoms with Crippen LogP contribution in [0.3, 0.4) is 0 Å². The molecule has 0 unspecified atom stereocenters. The van der Waals surface area contributed by atoms with E-state index in [1.165, 1.54) is 12.1 Å². The smallest absolute Gasteiger partial charge is 0.270 e. The van der Waals surface area contributed by atoms with E-state index in [9.17, 15) is 9.18 Å². The van der Waals surface area contributed by atoms with Crippen LogP contribution in [-0.2, 0) is 6.54 Å². The SMILES string of the molecule is CC(C)c1noc2nc(C3CC3)cc(C(=O)NNC(=S)NCc3ccc(F)cc3)c12. The average molecular weight is 428 g/mol. The van der Waals surface area contributed by atoms with Gasteiger partial charge >= 0.3 is 0 Å². The largest absolute Gasteiger partial charge is 0.357 e. The second-order valence-electron chi connectivity index (χ2n) is 7.66. The van der Waals surface area contributed by atoms with E-state index in [1.54, 1.807) is 12.1 Å². The summed E-state index contributed by atoms with van der Waals surface area (Å²) in [6, 6.07) is 7.90. The molecule has 0 bridgehead atoms. The van der Waals surface area contributed by atoms with Gasteiger partial charge in [0.2, 0.25) is 0 Å². The van der Waals surface area contributed by atoms with Gasteiger partial charge in [0, 0.05) is 18.2 Å². The lowest BCUT2D eigenvalue weighted by Gasteiger charge is -2.13. The van der Waals surface area contributed by atoms with E-state index in [-0.39, 0.29) is 22.8 Å². The molecule has 2 heterocycles. The van der Waals surface area contributed by atoms with Crippen molar-refractivity contribution in [1.82, 2.24) is 26.3 Å². The summed E-state index contributed by atoms with van der Waals surface area (Å²) in [7, 11) is 0. The van der Waals surface area contributed by atoms with Crippen LogP contribution < -0.4 is 16.2 Å². The van der Waals surface area contributed by atoms with Gasteiger partial charge in [0.05, 0.1) is 16.6 Å². The molecule has 1 aliphatic carbocycles. The third kappa shape index (κ3) is 4.40. The van der Waals surface area contributed by atoms with Crippen molar-refractivity contribution in [3.63, 3.8) is 0 Å². The highest BCUT2D eigenvalue weighted by Crippen LogP contribution is 2.41. The van der Waals surface area contributed by atoms with Gasteiger partial charge in [0.25, 0.3) is 11.6 Å². The van der Waals surface area contributed by atoms with Crippen LogP contribution in [0.2, 0.25) is 0 Å². The topological polar surface area (TPSA) is 92.1 Å². The summed E-state index contributed by atoms with van der Waals surface area (Å²) >= 11 is 5.22. The molecule has 3 N–H and O–H groups in total. The van der Waals surface area contributed by atoms with E-state index in [4.69, 9.17) is 16.7 Å². The number of hydrogen-bond donors (Lipinski definition) is 3. The number of hydrogen-bond acceptors (Lipinski definition) is 5. The van der Waals surface area contributed by atoms with E-state index >= 15 is 0 Å². The van der Waals surface area contributed by atoms with Crippen molar-refractivity contribution >= 4 is 34.3 Å². The van der Waals surface area contributed by atoms with Crippen molar-refractivity contribution in [2.75, 3.05) is 0 Å². The molecule has 156 valence electrons. The highest BCUT2D eigenvalue weighted by atomic mass is 32.1. The van der Waals surface area contributed by atoms with Crippen molar-refractivity contribution in [3.05, 3.63) is 58.7 Å². The van der Waals surface area contributed by atoms with Gasteiger partial charge in [-0.15, -0.1) is 0 Å². The Morgan fingerprint density at radius 2 is 2.00 bits per heavy atom. The molecule has 3 aromatic rings. The molecule has 1 amide bonds. The van der Waals surface area contributed by atoms with E-state index < -0.39 is 0 Å². The Morgan fingerprint density at radius 3 is 2.67 bits per heavy atom. The van der Waals surface area contributed by atoms with Crippen molar-refractivity contribution in [3.8, 4) is 0 Å². The number of amides is 1. The van der Waals surface area contributed by atoms with Gasteiger partial charge in [0.15, 0.2) is 5.11 Å². The van der Waals surface area contributed by atoms with Crippen LogP contribution in [0.5, 0.6) is 0 Å². The quantitative estimate of drug-likeness (QED) is 0.423. The fraction of sp³-hybridized carbons (Fsp3) is 0.333. The number of nitrogens with zero attached hydrogens (tertiary/aromatic N) is 2. The third-order valence-electron chi connectivity index (χ3n) is 4.94. The van der Waals surface area contributed by atoms with Crippen molar-refractivity contribution in [2.45, 2.75) is 45.1 Å². The second kappa shape index (κ2) is 8.35. The third-order valence-corrected chi connectivity index (χ3v) is 5.18. The maximum Gasteiger partial charge on any atom is 0.270 e. The highest BCUT2D eigenvalue weighted by molar-refractivity contribution is 7.80. The molecular formula is C21H22FN5O2S. The summed E-state index contributed by atoms with van der Waals surface area (Å²) in [4.78, 5) is 17.5. The molecule has 9 heteroatoms. The van der Waals surface area contributed by atoms with Crippen LogP contribution in [0, 0.1) is 5.82 Å². The summed E-state index contributed by atoms with van der Waals surface area (Å²) in [6.45, 7) is 4.37. The Morgan fingerprint density at radius 1 is 1.27 bits per heavy atom.